The molecule has 0 aromatic carbocycles. The van der Waals surface area contributed by atoms with E-state index in [9.17, 15) is 14.4 Å². The first kappa shape index (κ1) is 28.1. The van der Waals surface area contributed by atoms with Crippen molar-refractivity contribution >= 4 is 17.8 Å². The summed E-state index contributed by atoms with van der Waals surface area (Å²) in [6, 6.07) is -1.08. The van der Waals surface area contributed by atoms with E-state index < -0.39 is 17.9 Å². The van der Waals surface area contributed by atoms with E-state index in [2.05, 4.69) is 66.9 Å². The number of carbonyl (C=O) groups excluding carboxylic acids is 2. The van der Waals surface area contributed by atoms with Gasteiger partial charge in [0.25, 0.3) is 0 Å². The maximum Gasteiger partial charge on any atom is 0.326 e. The monoisotopic (exact) mass is 430 g/mol. The van der Waals surface area contributed by atoms with Crippen molar-refractivity contribution in [1.29, 1.82) is 0 Å². The summed E-state index contributed by atoms with van der Waals surface area (Å²) in [5.41, 5.74) is 5.01. The highest BCUT2D eigenvalue weighted by atomic mass is 16.4. The summed E-state index contributed by atoms with van der Waals surface area (Å²) in [7, 11) is 0. The Morgan fingerprint density at radius 3 is 1.74 bits per heavy atom. The molecule has 6 nitrogen and oxygen atoms in total. The maximum absolute atomic E-state index is 11.8. The predicted octanol–water partition coefficient (Wildman–Crippen LogP) is 4.74. The number of carbonyl (C=O) groups is 3. The van der Waals surface area contributed by atoms with Crippen molar-refractivity contribution in [2.24, 2.45) is 5.73 Å². The Morgan fingerprint density at radius 1 is 0.806 bits per heavy atom. The van der Waals surface area contributed by atoms with Gasteiger partial charge in [0, 0.05) is 12.8 Å². The Balaban J connectivity index is 3.80. The van der Waals surface area contributed by atoms with Crippen molar-refractivity contribution in [3.05, 3.63) is 60.8 Å². The third kappa shape index (κ3) is 20.2. The number of unbranched alkanes of at least 4 members (excludes halogenated alkanes) is 1. The molecule has 31 heavy (non-hydrogen) atoms. The van der Waals surface area contributed by atoms with Crippen molar-refractivity contribution in [2.45, 2.75) is 77.2 Å². The van der Waals surface area contributed by atoms with Crippen LogP contribution in [0, 0.1) is 0 Å². The number of aliphatic carboxylic acids is 1. The molecule has 0 aromatic rings. The van der Waals surface area contributed by atoms with Crippen LogP contribution in [0.3, 0.4) is 0 Å². The molecule has 0 saturated heterocycles. The van der Waals surface area contributed by atoms with Crippen LogP contribution in [0.15, 0.2) is 60.8 Å². The van der Waals surface area contributed by atoms with Crippen molar-refractivity contribution in [2.75, 3.05) is 0 Å². The first-order valence-corrected chi connectivity index (χ1v) is 11.0. The quantitative estimate of drug-likeness (QED) is 0.215. The number of allylic oxidation sites excluding steroid dienone is 10. The van der Waals surface area contributed by atoms with Gasteiger partial charge in [-0.25, -0.2) is 4.79 Å². The number of hydrogen-bond acceptors (Lipinski definition) is 3. The minimum atomic E-state index is -1.16. The van der Waals surface area contributed by atoms with Crippen LogP contribution in [-0.2, 0) is 14.4 Å². The normalized spacial score (nSPS) is 13.2. The van der Waals surface area contributed by atoms with E-state index in [4.69, 9.17) is 10.8 Å². The van der Waals surface area contributed by atoms with E-state index >= 15 is 0 Å². The fourth-order valence-electron chi connectivity index (χ4n) is 2.56. The van der Waals surface area contributed by atoms with E-state index in [-0.39, 0.29) is 25.2 Å². The Kier molecular flexibility index (Phi) is 18.5. The zero-order valence-corrected chi connectivity index (χ0v) is 18.7. The molecule has 0 heterocycles. The van der Waals surface area contributed by atoms with Crippen LogP contribution < -0.4 is 11.1 Å². The lowest BCUT2D eigenvalue weighted by Crippen LogP contribution is -2.41. The van der Waals surface area contributed by atoms with Gasteiger partial charge in [-0.3, -0.25) is 9.59 Å². The predicted molar refractivity (Wildman–Crippen MR) is 126 cm³/mol. The second kappa shape index (κ2) is 20.4. The summed E-state index contributed by atoms with van der Waals surface area (Å²) in [6.45, 7) is 2.13. The Morgan fingerprint density at radius 2 is 1.29 bits per heavy atom. The molecule has 0 bridgehead atoms. The average Bonchev–Trinajstić information content (AvgIpc) is 2.73. The molecule has 0 aliphatic rings. The van der Waals surface area contributed by atoms with Gasteiger partial charge in [0.2, 0.25) is 11.8 Å². The standard InChI is InChI=1S/C25H38N2O4/c1-2-3-4-5-6-7-8-9-10-11-12-13-14-15-16-17-18-19-24(29)27-22(25(30)31)20-21-23(26)28/h3-4,6-7,9-10,12-13,15-16,22H,2,5,8,11,14,17-21H2,1H3,(H2,26,28)(H,27,29)(H,30,31)/b4-3-,7-6-,10-9-,13-12-,16-15-/t22-/m0/s1. The van der Waals surface area contributed by atoms with Gasteiger partial charge in [0.15, 0.2) is 0 Å². The summed E-state index contributed by atoms with van der Waals surface area (Å²) < 4.78 is 0. The summed E-state index contributed by atoms with van der Waals surface area (Å²) in [5, 5.41) is 11.5. The topological polar surface area (TPSA) is 109 Å². The van der Waals surface area contributed by atoms with Gasteiger partial charge in [-0.1, -0.05) is 67.7 Å². The third-order valence-electron chi connectivity index (χ3n) is 4.25. The molecule has 0 spiro atoms. The van der Waals surface area contributed by atoms with Crippen LogP contribution in [0.4, 0.5) is 0 Å². The largest absolute Gasteiger partial charge is 0.480 e. The maximum atomic E-state index is 11.8. The van der Waals surface area contributed by atoms with Crippen LogP contribution in [0.5, 0.6) is 0 Å². The highest BCUT2D eigenvalue weighted by molar-refractivity contribution is 5.84. The molecule has 0 saturated carbocycles. The molecule has 0 radical (unpaired) electrons. The molecule has 1 atom stereocenters. The molecule has 0 unspecified atom stereocenters. The number of amides is 2. The average molecular weight is 431 g/mol. The highest BCUT2D eigenvalue weighted by Crippen LogP contribution is 2.02. The fraction of sp³-hybridized carbons (Fsp3) is 0.480. The van der Waals surface area contributed by atoms with Gasteiger partial charge in [-0.15, -0.1) is 0 Å². The van der Waals surface area contributed by atoms with Crippen molar-refractivity contribution in [1.82, 2.24) is 5.32 Å². The molecule has 2 amide bonds. The zero-order chi connectivity index (χ0) is 23.2. The Hall–Kier alpha value is -2.89. The Labute approximate surface area is 186 Å². The minimum absolute atomic E-state index is 0.00514. The minimum Gasteiger partial charge on any atom is -0.480 e. The first-order chi connectivity index (χ1) is 15.0. The lowest BCUT2D eigenvalue weighted by molar-refractivity contribution is -0.142. The molecule has 0 rings (SSSR count). The van der Waals surface area contributed by atoms with Crippen LogP contribution in [0.25, 0.3) is 0 Å². The fourth-order valence-corrected chi connectivity index (χ4v) is 2.56. The number of hydrogen-bond donors (Lipinski definition) is 3. The van der Waals surface area contributed by atoms with Crippen molar-refractivity contribution in [3.63, 3.8) is 0 Å². The van der Waals surface area contributed by atoms with E-state index in [0.717, 1.165) is 38.5 Å². The van der Waals surface area contributed by atoms with Crippen molar-refractivity contribution < 1.29 is 19.5 Å². The number of carboxylic acids is 1. The smallest absolute Gasteiger partial charge is 0.326 e. The molecular formula is C25H38N2O4. The molecule has 172 valence electrons. The summed E-state index contributed by atoms with van der Waals surface area (Å²) in [4.78, 5) is 33.7. The van der Waals surface area contributed by atoms with E-state index in [1.54, 1.807) is 0 Å². The van der Waals surface area contributed by atoms with E-state index in [1.807, 2.05) is 6.08 Å². The zero-order valence-electron chi connectivity index (χ0n) is 18.7. The van der Waals surface area contributed by atoms with Crippen LogP contribution >= 0.6 is 0 Å². The van der Waals surface area contributed by atoms with Gasteiger partial charge in [-0.2, -0.15) is 0 Å². The number of nitrogens with two attached hydrogens (primary N) is 1. The second-order valence-corrected chi connectivity index (χ2v) is 7.06. The molecule has 6 heteroatoms. The van der Waals surface area contributed by atoms with Gasteiger partial charge in [0.1, 0.15) is 6.04 Å². The molecular weight excluding hydrogens is 392 g/mol. The van der Waals surface area contributed by atoms with Crippen LogP contribution in [0.1, 0.15) is 71.1 Å². The van der Waals surface area contributed by atoms with Gasteiger partial charge in [-0.05, 0) is 51.4 Å². The van der Waals surface area contributed by atoms with Gasteiger partial charge >= 0.3 is 5.97 Å². The number of primary amides is 1. The molecule has 0 aromatic heterocycles. The van der Waals surface area contributed by atoms with E-state index in [0.29, 0.717) is 6.42 Å². The SMILES string of the molecule is CC/C=C\C/C=C\C/C=C\C/C=C\C/C=C\CCCC(=O)N[C@@H](CCC(N)=O)C(=O)O. The van der Waals surface area contributed by atoms with Crippen LogP contribution in [-0.4, -0.2) is 28.9 Å². The van der Waals surface area contributed by atoms with Crippen LogP contribution in [0.2, 0.25) is 0 Å². The number of rotatable bonds is 18. The molecule has 0 aliphatic heterocycles. The number of nitrogens with one attached hydrogen (secondary N) is 1. The van der Waals surface area contributed by atoms with Gasteiger partial charge in [0.05, 0.1) is 0 Å². The Bertz CT molecular complexity index is 660. The second-order valence-electron chi connectivity index (χ2n) is 7.06. The molecule has 4 N–H and O–H groups in total. The first-order valence-electron chi connectivity index (χ1n) is 11.0. The molecule has 0 fully saturated rings. The third-order valence-corrected chi connectivity index (χ3v) is 4.25. The van der Waals surface area contributed by atoms with Gasteiger partial charge < -0.3 is 16.2 Å². The van der Waals surface area contributed by atoms with Crippen molar-refractivity contribution in [3.8, 4) is 0 Å². The summed E-state index contributed by atoms with van der Waals surface area (Å²) in [6.07, 6.45) is 27.7. The summed E-state index contributed by atoms with van der Waals surface area (Å²) >= 11 is 0. The lowest BCUT2D eigenvalue weighted by atomic mass is 10.1. The van der Waals surface area contributed by atoms with E-state index in [1.165, 1.54) is 0 Å². The lowest BCUT2D eigenvalue weighted by Gasteiger charge is -2.13. The summed E-state index contributed by atoms with van der Waals surface area (Å²) in [5.74, 6) is -2.07. The number of carboxylic acid groups (broad SMARTS) is 1. The molecule has 0 aliphatic carbocycles. The highest BCUT2D eigenvalue weighted by Gasteiger charge is 2.19.